The zero-order valence-electron chi connectivity index (χ0n) is 19.9. The van der Waals surface area contributed by atoms with Gasteiger partial charge in [0, 0.05) is 45.4 Å². The molecule has 1 aliphatic rings. The van der Waals surface area contributed by atoms with Crippen LogP contribution < -0.4 is 0 Å². The Morgan fingerprint density at radius 2 is 1.78 bits per heavy atom. The standard InChI is InChI=1S/C22H20N4O3S3.C2H4O2/c1-24(2)32(28,29)18-11-7-8-15(12-18)20-16(13-19-21(27)25(3)22(30)31-19)14-26(23-20)17-9-5-4-6-10-17;1-2(3)4/h4-14H,1-3H3;1H3,(H,3,4)/b19-13+;. The van der Waals surface area contributed by atoms with Crippen molar-refractivity contribution < 1.29 is 23.1 Å². The van der Waals surface area contributed by atoms with Gasteiger partial charge in [-0.1, -0.05) is 54.3 Å². The molecule has 0 atom stereocenters. The van der Waals surface area contributed by atoms with E-state index in [0.29, 0.717) is 26.0 Å². The topological polar surface area (TPSA) is 113 Å². The zero-order chi connectivity index (χ0) is 26.6. The van der Waals surface area contributed by atoms with Gasteiger partial charge in [0.2, 0.25) is 10.0 Å². The van der Waals surface area contributed by atoms with Crippen molar-refractivity contribution in [2.45, 2.75) is 11.8 Å². The zero-order valence-corrected chi connectivity index (χ0v) is 22.4. The molecule has 9 nitrogen and oxygen atoms in total. The van der Waals surface area contributed by atoms with Gasteiger partial charge < -0.3 is 5.11 Å². The Balaban J connectivity index is 0.000000840. The number of hydrogen-bond acceptors (Lipinski definition) is 7. The number of carbonyl (C=O) groups excluding carboxylic acids is 1. The van der Waals surface area contributed by atoms with Crippen LogP contribution in [0.1, 0.15) is 12.5 Å². The van der Waals surface area contributed by atoms with Crippen LogP contribution in [0.2, 0.25) is 0 Å². The summed E-state index contributed by atoms with van der Waals surface area (Å²) in [4.78, 5) is 23.6. The van der Waals surface area contributed by atoms with Crippen molar-refractivity contribution in [3.63, 3.8) is 0 Å². The fraction of sp³-hybridized carbons (Fsp3) is 0.167. The second-order valence-electron chi connectivity index (χ2n) is 7.79. The molecular formula is C24H24N4O5S3. The van der Waals surface area contributed by atoms with Gasteiger partial charge in [-0.25, -0.2) is 17.4 Å². The van der Waals surface area contributed by atoms with Crippen molar-refractivity contribution in [2.75, 3.05) is 21.1 Å². The van der Waals surface area contributed by atoms with E-state index in [1.807, 2.05) is 36.5 Å². The molecule has 0 bridgehead atoms. The first-order valence-electron chi connectivity index (χ1n) is 10.5. The van der Waals surface area contributed by atoms with E-state index < -0.39 is 16.0 Å². The number of thioether (sulfide) groups is 1. The highest BCUT2D eigenvalue weighted by Gasteiger charge is 2.29. The minimum absolute atomic E-state index is 0.167. The summed E-state index contributed by atoms with van der Waals surface area (Å²) in [6.07, 6.45) is 3.57. The number of aliphatic carboxylic acids is 1. The summed E-state index contributed by atoms with van der Waals surface area (Å²) >= 11 is 6.46. The Labute approximate surface area is 219 Å². The third kappa shape index (κ3) is 6.08. The summed E-state index contributed by atoms with van der Waals surface area (Å²) < 4.78 is 28.6. The van der Waals surface area contributed by atoms with Crippen LogP contribution in [-0.2, 0) is 19.6 Å². The fourth-order valence-electron chi connectivity index (χ4n) is 3.13. The fourth-order valence-corrected chi connectivity index (χ4v) is 5.25. The Morgan fingerprint density at radius 3 is 2.33 bits per heavy atom. The van der Waals surface area contributed by atoms with Gasteiger partial charge in [-0.2, -0.15) is 5.10 Å². The summed E-state index contributed by atoms with van der Waals surface area (Å²) in [5, 5.41) is 12.1. The Hall–Kier alpha value is -3.32. The number of rotatable bonds is 5. The smallest absolute Gasteiger partial charge is 0.300 e. The molecule has 1 aromatic heterocycles. The van der Waals surface area contributed by atoms with E-state index in [4.69, 9.17) is 27.2 Å². The quantitative estimate of drug-likeness (QED) is 0.382. The summed E-state index contributed by atoms with van der Waals surface area (Å²) in [6.45, 7) is 1.08. The number of thiocarbonyl (C=S) groups is 1. The highest BCUT2D eigenvalue weighted by molar-refractivity contribution is 8.26. The number of sulfonamides is 1. The predicted octanol–water partition coefficient (Wildman–Crippen LogP) is 3.71. The number of carboxylic acid groups (broad SMARTS) is 1. The lowest BCUT2D eigenvalue weighted by Crippen LogP contribution is -2.22. The lowest BCUT2D eigenvalue weighted by atomic mass is 10.1. The molecule has 1 N–H and O–H groups in total. The van der Waals surface area contributed by atoms with Crippen LogP contribution in [0.5, 0.6) is 0 Å². The summed E-state index contributed by atoms with van der Waals surface area (Å²) in [5.41, 5.74) is 2.71. The molecule has 36 heavy (non-hydrogen) atoms. The van der Waals surface area contributed by atoms with Gasteiger partial charge in [0.25, 0.3) is 11.9 Å². The summed E-state index contributed by atoms with van der Waals surface area (Å²) in [5.74, 6) is -1.01. The number of nitrogens with zero attached hydrogens (tertiary/aromatic N) is 4. The Morgan fingerprint density at radius 1 is 1.14 bits per heavy atom. The van der Waals surface area contributed by atoms with E-state index in [1.54, 1.807) is 42.1 Å². The van der Waals surface area contributed by atoms with Gasteiger partial charge in [-0.15, -0.1) is 0 Å². The van der Waals surface area contributed by atoms with Crippen molar-refractivity contribution in [3.05, 3.63) is 71.3 Å². The molecule has 1 fully saturated rings. The van der Waals surface area contributed by atoms with Crippen LogP contribution >= 0.6 is 24.0 Å². The number of carbonyl (C=O) groups is 2. The number of para-hydroxylation sites is 1. The monoisotopic (exact) mass is 544 g/mol. The van der Waals surface area contributed by atoms with Crippen molar-refractivity contribution in [1.82, 2.24) is 19.0 Å². The van der Waals surface area contributed by atoms with E-state index in [1.165, 1.54) is 35.1 Å². The van der Waals surface area contributed by atoms with E-state index in [-0.39, 0.29) is 10.8 Å². The molecule has 0 aliphatic carbocycles. The molecule has 1 aliphatic heterocycles. The van der Waals surface area contributed by atoms with Crippen molar-refractivity contribution in [2.24, 2.45) is 0 Å². The summed E-state index contributed by atoms with van der Waals surface area (Å²) in [6, 6.07) is 16.2. The van der Waals surface area contributed by atoms with E-state index in [9.17, 15) is 13.2 Å². The van der Waals surface area contributed by atoms with Crippen LogP contribution in [0.15, 0.2) is 70.6 Å². The maximum Gasteiger partial charge on any atom is 0.300 e. The summed E-state index contributed by atoms with van der Waals surface area (Å²) in [7, 11) is 1.01. The SMILES string of the molecule is CC(=O)O.CN1C(=O)/C(=C\c2cn(-c3ccccc3)nc2-c2cccc(S(=O)(=O)N(C)C)c2)SC1=S. The van der Waals surface area contributed by atoms with Crippen molar-refractivity contribution in [3.8, 4) is 16.9 Å². The van der Waals surface area contributed by atoms with Gasteiger partial charge in [0.1, 0.15) is 10.0 Å². The van der Waals surface area contributed by atoms with Gasteiger partial charge in [0.15, 0.2) is 0 Å². The number of hydrogen-bond donors (Lipinski definition) is 1. The van der Waals surface area contributed by atoms with Crippen LogP contribution in [0.4, 0.5) is 0 Å². The van der Waals surface area contributed by atoms with E-state index >= 15 is 0 Å². The van der Waals surface area contributed by atoms with Gasteiger partial charge >= 0.3 is 0 Å². The number of benzene rings is 2. The predicted molar refractivity (Wildman–Crippen MR) is 144 cm³/mol. The second kappa shape index (κ2) is 11.2. The highest BCUT2D eigenvalue weighted by Crippen LogP contribution is 2.34. The molecule has 3 aromatic rings. The van der Waals surface area contributed by atoms with E-state index in [2.05, 4.69) is 0 Å². The minimum atomic E-state index is -3.61. The number of aromatic nitrogens is 2. The molecule has 0 spiro atoms. The molecular weight excluding hydrogens is 520 g/mol. The van der Waals surface area contributed by atoms with Crippen LogP contribution in [0, 0.1) is 0 Å². The first kappa shape index (κ1) is 27.3. The normalized spacial score (nSPS) is 14.8. The highest BCUT2D eigenvalue weighted by atomic mass is 32.2. The van der Waals surface area contributed by atoms with Crippen LogP contribution in [0.3, 0.4) is 0 Å². The minimum Gasteiger partial charge on any atom is -0.481 e. The average molecular weight is 545 g/mol. The molecule has 1 amide bonds. The molecule has 4 rings (SSSR count). The average Bonchev–Trinajstić information content (AvgIpc) is 3.36. The second-order valence-corrected chi connectivity index (χ2v) is 11.6. The van der Waals surface area contributed by atoms with Gasteiger partial charge in [0.05, 0.1) is 15.5 Å². The number of carboxylic acids is 1. The molecule has 188 valence electrons. The van der Waals surface area contributed by atoms with Crippen molar-refractivity contribution in [1.29, 1.82) is 0 Å². The number of amides is 1. The number of likely N-dealkylation sites (N-methyl/N-ethyl adjacent to an activating group) is 1. The first-order valence-corrected chi connectivity index (χ1v) is 13.2. The van der Waals surface area contributed by atoms with Gasteiger partial charge in [-0.05, 0) is 30.3 Å². The first-order chi connectivity index (χ1) is 16.9. The maximum absolute atomic E-state index is 12.6. The molecule has 12 heteroatoms. The molecule has 2 heterocycles. The lowest BCUT2D eigenvalue weighted by molar-refractivity contribution is -0.134. The van der Waals surface area contributed by atoms with E-state index in [0.717, 1.165) is 12.6 Å². The maximum atomic E-state index is 12.6. The largest absolute Gasteiger partial charge is 0.481 e. The third-order valence-electron chi connectivity index (χ3n) is 4.92. The molecule has 0 saturated carbocycles. The van der Waals surface area contributed by atoms with Crippen molar-refractivity contribution >= 4 is 56.3 Å². The molecule has 0 unspecified atom stereocenters. The van der Waals surface area contributed by atoms with Gasteiger partial charge in [-0.3, -0.25) is 14.5 Å². The Bertz CT molecular complexity index is 1440. The Kier molecular flexibility index (Phi) is 8.46. The van der Waals surface area contributed by atoms with Crippen LogP contribution in [0.25, 0.3) is 23.0 Å². The third-order valence-corrected chi connectivity index (χ3v) is 8.22. The van der Waals surface area contributed by atoms with Crippen LogP contribution in [-0.4, -0.2) is 69.8 Å². The molecule has 2 aromatic carbocycles. The molecule has 0 radical (unpaired) electrons. The molecule has 1 saturated heterocycles. The lowest BCUT2D eigenvalue weighted by Gasteiger charge is -2.12.